The van der Waals surface area contributed by atoms with Gasteiger partial charge in [-0.15, -0.1) is 0 Å². The number of hydrogen-bond acceptors (Lipinski definition) is 2. The fraction of sp³-hybridized carbons (Fsp3) is 0.286. The van der Waals surface area contributed by atoms with Gasteiger partial charge in [-0.05, 0) is 53.4 Å². The first-order valence-electron chi connectivity index (χ1n) is 5.73. The van der Waals surface area contributed by atoms with E-state index in [-0.39, 0.29) is 5.82 Å². The van der Waals surface area contributed by atoms with Crippen molar-refractivity contribution in [1.82, 2.24) is 5.32 Å². The first-order chi connectivity index (χ1) is 8.24. The minimum absolute atomic E-state index is 0.160. The van der Waals surface area contributed by atoms with E-state index in [0.29, 0.717) is 6.04 Å². The lowest BCUT2D eigenvalue weighted by Gasteiger charge is -2.13. The van der Waals surface area contributed by atoms with Crippen LogP contribution in [-0.4, -0.2) is 6.04 Å². The SMILES string of the molecule is CC(Cc1cccc(F)c1)NCc1ccsc1. The topological polar surface area (TPSA) is 12.0 Å². The number of halogens is 1. The Kier molecular flexibility index (Phi) is 4.29. The average molecular weight is 249 g/mol. The van der Waals surface area contributed by atoms with E-state index in [1.165, 1.54) is 11.6 Å². The zero-order chi connectivity index (χ0) is 12.1. The van der Waals surface area contributed by atoms with Crippen LogP contribution in [0.15, 0.2) is 41.1 Å². The standard InChI is InChI=1S/C14H16FNS/c1-11(16-9-13-5-6-17-10-13)7-12-3-2-4-14(15)8-12/h2-6,8,10-11,16H,7,9H2,1H3. The number of thiophene rings is 1. The molecule has 0 radical (unpaired) electrons. The highest BCUT2D eigenvalue weighted by atomic mass is 32.1. The van der Waals surface area contributed by atoms with Crippen LogP contribution in [0.3, 0.4) is 0 Å². The van der Waals surface area contributed by atoms with Crippen LogP contribution in [0.1, 0.15) is 18.1 Å². The molecule has 3 heteroatoms. The maximum Gasteiger partial charge on any atom is 0.123 e. The van der Waals surface area contributed by atoms with E-state index >= 15 is 0 Å². The van der Waals surface area contributed by atoms with E-state index in [4.69, 9.17) is 0 Å². The molecule has 1 atom stereocenters. The number of benzene rings is 1. The summed E-state index contributed by atoms with van der Waals surface area (Å²) in [6.07, 6.45) is 0.849. The normalized spacial score (nSPS) is 12.6. The van der Waals surface area contributed by atoms with Crippen LogP contribution in [0, 0.1) is 5.82 Å². The molecule has 90 valence electrons. The molecular weight excluding hydrogens is 233 g/mol. The van der Waals surface area contributed by atoms with Crippen LogP contribution in [-0.2, 0) is 13.0 Å². The molecule has 0 spiro atoms. The Bertz CT molecular complexity index is 453. The van der Waals surface area contributed by atoms with E-state index in [1.54, 1.807) is 23.5 Å². The smallest absolute Gasteiger partial charge is 0.123 e. The predicted molar refractivity (Wildman–Crippen MR) is 70.7 cm³/mol. The second-order valence-electron chi connectivity index (χ2n) is 4.25. The zero-order valence-corrected chi connectivity index (χ0v) is 10.6. The highest BCUT2D eigenvalue weighted by molar-refractivity contribution is 7.07. The van der Waals surface area contributed by atoms with E-state index < -0.39 is 0 Å². The number of hydrogen-bond donors (Lipinski definition) is 1. The van der Waals surface area contributed by atoms with Crippen molar-refractivity contribution in [1.29, 1.82) is 0 Å². The third kappa shape index (κ3) is 3.95. The van der Waals surface area contributed by atoms with Crippen LogP contribution in [0.4, 0.5) is 4.39 Å². The van der Waals surface area contributed by atoms with Crippen LogP contribution >= 0.6 is 11.3 Å². The Balaban J connectivity index is 1.83. The van der Waals surface area contributed by atoms with Crippen molar-refractivity contribution in [2.75, 3.05) is 0 Å². The lowest BCUT2D eigenvalue weighted by molar-refractivity contribution is 0.543. The highest BCUT2D eigenvalue weighted by Crippen LogP contribution is 2.08. The summed E-state index contributed by atoms with van der Waals surface area (Å²) in [5, 5.41) is 7.66. The molecule has 2 rings (SSSR count). The third-order valence-electron chi connectivity index (χ3n) is 2.67. The Morgan fingerprint density at radius 1 is 1.29 bits per heavy atom. The molecular formula is C14H16FNS. The van der Waals surface area contributed by atoms with Gasteiger partial charge in [-0.3, -0.25) is 0 Å². The van der Waals surface area contributed by atoms with Crippen molar-refractivity contribution in [2.24, 2.45) is 0 Å². The third-order valence-corrected chi connectivity index (χ3v) is 3.40. The second kappa shape index (κ2) is 5.94. The Morgan fingerprint density at radius 3 is 2.88 bits per heavy atom. The van der Waals surface area contributed by atoms with Crippen LogP contribution in [0.5, 0.6) is 0 Å². The molecule has 1 heterocycles. The van der Waals surface area contributed by atoms with Crippen molar-refractivity contribution in [3.63, 3.8) is 0 Å². The molecule has 1 aromatic carbocycles. The van der Waals surface area contributed by atoms with Gasteiger partial charge in [-0.1, -0.05) is 12.1 Å². The summed E-state index contributed by atoms with van der Waals surface area (Å²) in [5.74, 6) is -0.160. The summed E-state index contributed by atoms with van der Waals surface area (Å²) in [5.41, 5.74) is 2.34. The fourth-order valence-electron chi connectivity index (χ4n) is 1.77. The molecule has 0 aliphatic carbocycles. The lowest BCUT2D eigenvalue weighted by atomic mass is 10.1. The van der Waals surface area contributed by atoms with Gasteiger partial charge in [0.1, 0.15) is 5.82 Å². The minimum Gasteiger partial charge on any atom is -0.310 e. The van der Waals surface area contributed by atoms with Crippen molar-refractivity contribution >= 4 is 11.3 Å². The first kappa shape index (κ1) is 12.3. The maximum absolute atomic E-state index is 13.0. The molecule has 0 aliphatic rings. The van der Waals surface area contributed by atoms with Crippen molar-refractivity contribution in [2.45, 2.75) is 25.9 Å². The van der Waals surface area contributed by atoms with Gasteiger partial charge in [0.05, 0.1) is 0 Å². The molecule has 0 saturated carbocycles. The second-order valence-corrected chi connectivity index (χ2v) is 5.03. The Morgan fingerprint density at radius 2 is 2.18 bits per heavy atom. The molecule has 1 nitrogen and oxygen atoms in total. The minimum atomic E-state index is -0.160. The molecule has 2 aromatic rings. The van der Waals surface area contributed by atoms with Crippen molar-refractivity contribution in [3.05, 3.63) is 58.0 Å². The van der Waals surface area contributed by atoms with E-state index in [0.717, 1.165) is 18.5 Å². The van der Waals surface area contributed by atoms with Gasteiger partial charge >= 0.3 is 0 Å². The van der Waals surface area contributed by atoms with Crippen molar-refractivity contribution in [3.8, 4) is 0 Å². The van der Waals surface area contributed by atoms with Gasteiger partial charge < -0.3 is 5.32 Å². The van der Waals surface area contributed by atoms with Gasteiger partial charge in [0, 0.05) is 12.6 Å². The fourth-order valence-corrected chi connectivity index (χ4v) is 2.44. The highest BCUT2D eigenvalue weighted by Gasteiger charge is 2.04. The van der Waals surface area contributed by atoms with Crippen molar-refractivity contribution < 1.29 is 4.39 Å². The molecule has 17 heavy (non-hydrogen) atoms. The summed E-state index contributed by atoms with van der Waals surface area (Å²) >= 11 is 1.71. The summed E-state index contributed by atoms with van der Waals surface area (Å²) in [4.78, 5) is 0. The van der Waals surface area contributed by atoms with Gasteiger partial charge in [-0.2, -0.15) is 11.3 Å². The van der Waals surface area contributed by atoms with Crippen LogP contribution in [0.25, 0.3) is 0 Å². The van der Waals surface area contributed by atoms with Gasteiger partial charge in [-0.25, -0.2) is 4.39 Å². The molecule has 1 N–H and O–H groups in total. The average Bonchev–Trinajstić information content (AvgIpc) is 2.79. The van der Waals surface area contributed by atoms with E-state index in [9.17, 15) is 4.39 Å². The van der Waals surface area contributed by atoms with Gasteiger partial charge in [0.2, 0.25) is 0 Å². The summed E-state index contributed by atoms with van der Waals surface area (Å²) < 4.78 is 13.0. The lowest BCUT2D eigenvalue weighted by Crippen LogP contribution is -2.27. The van der Waals surface area contributed by atoms with Gasteiger partial charge in [0.25, 0.3) is 0 Å². The van der Waals surface area contributed by atoms with E-state index in [1.807, 2.05) is 6.07 Å². The summed E-state index contributed by atoms with van der Waals surface area (Å²) in [7, 11) is 0. The number of nitrogens with one attached hydrogen (secondary N) is 1. The maximum atomic E-state index is 13.0. The monoisotopic (exact) mass is 249 g/mol. The molecule has 0 aliphatic heterocycles. The van der Waals surface area contributed by atoms with Gasteiger partial charge in [0.15, 0.2) is 0 Å². The van der Waals surface area contributed by atoms with Crippen LogP contribution < -0.4 is 5.32 Å². The Hall–Kier alpha value is -1.19. The van der Waals surface area contributed by atoms with E-state index in [2.05, 4.69) is 29.1 Å². The zero-order valence-electron chi connectivity index (χ0n) is 9.82. The quantitative estimate of drug-likeness (QED) is 0.853. The first-order valence-corrected chi connectivity index (χ1v) is 6.67. The Labute approximate surface area is 105 Å². The molecule has 1 aromatic heterocycles. The summed E-state index contributed by atoms with van der Waals surface area (Å²) in [6.45, 7) is 3.00. The molecule has 0 fully saturated rings. The van der Waals surface area contributed by atoms with Crippen LogP contribution in [0.2, 0.25) is 0 Å². The molecule has 0 bridgehead atoms. The number of rotatable bonds is 5. The molecule has 0 amide bonds. The molecule has 0 saturated heterocycles. The largest absolute Gasteiger partial charge is 0.310 e. The summed E-state index contributed by atoms with van der Waals surface area (Å²) in [6, 6.07) is 9.27. The predicted octanol–water partition coefficient (Wildman–Crippen LogP) is 3.61. The molecule has 1 unspecified atom stereocenters.